The smallest absolute Gasteiger partial charge is 0.410 e. The van der Waals surface area contributed by atoms with Crippen molar-refractivity contribution in [3.63, 3.8) is 0 Å². The summed E-state index contributed by atoms with van der Waals surface area (Å²) in [4.78, 5) is 25.9. The van der Waals surface area contributed by atoms with Crippen LogP contribution >= 0.6 is 0 Å². The zero-order chi connectivity index (χ0) is 18.8. The topological polar surface area (TPSA) is 81.9 Å². The van der Waals surface area contributed by atoms with Gasteiger partial charge in [-0.15, -0.1) is 0 Å². The van der Waals surface area contributed by atoms with E-state index in [0.29, 0.717) is 6.54 Å². The van der Waals surface area contributed by atoms with Gasteiger partial charge in [0.25, 0.3) is 0 Å². The van der Waals surface area contributed by atoms with E-state index in [9.17, 15) is 9.59 Å². The summed E-state index contributed by atoms with van der Waals surface area (Å²) in [6, 6.07) is 18.4. The van der Waals surface area contributed by atoms with Crippen molar-refractivity contribution in [1.29, 1.82) is 0 Å². The van der Waals surface area contributed by atoms with Crippen LogP contribution in [0.15, 0.2) is 60.7 Å². The van der Waals surface area contributed by atoms with Gasteiger partial charge < -0.3 is 15.2 Å². The zero-order valence-corrected chi connectivity index (χ0v) is 14.8. The highest BCUT2D eigenvalue weighted by Gasteiger charge is 2.27. The predicted molar refractivity (Wildman–Crippen MR) is 98.1 cm³/mol. The summed E-state index contributed by atoms with van der Waals surface area (Å²) in [6.45, 7) is 0.580. The third-order valence-electron chi connectivity index (χ3n) is 3.98. The molecule has 6 nitrogen and oxygen atoms in total. The quantitative estimate of drug-likeness (QED) is 0.736. The molecule has 0 aliphatic heterocycles. The molecule has 0 bridgehead atoms. The number of carbonyl (C=O) groups excluding carboxylic acids is 2. The molecule has 2 rings (SSSR count). The van der Waals surface area contributed by atoms with Crippen molar-refractivity contribution in [3.8, 4) is 0 Å². The fraction of sp³-hybridized carbons (Fsp3) is 0.300. The maximum absolute atomic E-state index is 12.7. The Kier molecular flexibility index (Phi) is 7.64. The van der Waals surface area contributed by atoms with Crippen molar-refractivity contribution in [2.75, 3.05) is 13.7 Å². The Morgan fingerprint density at radius 2 is 1.58 bits per heavy atom. The van der Waals surface area contributed by atoms with E-state index >= 15 is 0 Å². The molecular formula is C20H24N2O4. The molecule has 0 radical (unpaired) electrons. The van der Waals surface area contributed by atoms with Gasteiger partial charge in [-0.3, -0.25) is 9.69 Å². The average Bonchev–Trinajstić information content (AvgIpc) is 2.70. The van der Waals surface area contributed by atoms with Gasteiger partial charge in [0.2, 0.25) is 0 Å². The Bertz CT molecular complexity index is 691. The Labute approximate surface area is 153 Å². The predicted octanol–water partition coefficient (Wildman–Crippen LogP) is 2.72. The van der Waals surface area contributed by atoms with E-state index in [1.165, 1.54) is 12.0 Å². The lowest BCUT2D eigenvalue weighted by molar-refractivity contribution is -0.141. The minimum atomic E-state index is -0.517. The molecule has 0 aliphatic rings. The van der Waals surface area contributed by atoms with Gasteiger partial charge in [0.05, 0.1) is 19.6 Å². The van der Waals surface area contributed by atoms with Gasteiger partial charge in [0.1, 0.15) is 6.61 Å². The van der Waals surface area contributed by atoms with Crippen LogP contribution in [0.1, 0.15) is 17.5 Å². The summed E-state index contributed by atoms with van der Waals surface area (Å²) in [5.74, 6) is -0.422. The molecule has 0 heterocycles. The van der Waals surface area contributed by atoms with E-state index in [4.69, 9.17) is 15.2 Å². The van der Waals surface area contributed by atoms with E-state index in [0.717, 1.165) is 11.1 Å². The minimum Gasteiger partial charge on any atom is -0.469 e. The lowest BCUT2D eigenvalue weighted by Crippen LogP contribution is -2.45. The van der Waals surface area contributed by atoms with Gasteiger partial charge in [0.15, 0.2) is 0 Å². The van der Waals surface area contributed by atoms with E-state index in [1.54, 1.807) is 0 Å². The van der Waals surface area contributed by atoms with E-state index in [-0.39, 0.29) is 19.6 Å². The lowest BCUT2D eigenvalue weighted by atomic mass is 10.1. The SMILES string of the molecule is COC(=O)C[C@H](CN)N(Cc1ccccc1)C(=O)OCc1ccccc1. The summed E-state index contributed by atoms with van der Waals surface area (Å²) >= 11 is 0. The highest BCUT2D eigenvalue weighted by atomic mass is 16.6. The van der Waals surface area contributed by atoms with Crippen molar-refractivity contribution in [3.05, 3.63) is 71.8 Å². The van der Waals surface area contributed by atoms with Crippen LogP contribution in [0.4, 0.5) is 4.79 Å². The third kappa shape index (κ3) is 5.89. The molecule has 0 saturated heterocycles. The van der Waals surface area contributed by atoms with Gasteiger partial charge in [0, 0.05) is 13.1 Å². The highest BCUT2D eigenvalue weighted by Crippen LogP contribution is 2.14. The Hall–Kier alpha value is -2.86. The number of ether oxygens (including phenoxy) is 2. The molecule has 26 heavy (non-hydrogen) atoms. The molecule has 2 aromatic carbocycles. The summed E-state index contributed by atoms with van der Waals surface area (Å²) in [6.07, 6.45) is -0.502. The molecule has 0 spiro atoms. The van der Waals surface area contributed by atoms with Crippen LogP contribution in [-0.2, 0) is 27.4 Å². The number of benzene rings is 2. The van der Waals surface area contributed by atoms with Crippen LogP contribution in [0.3, 0.4) is 0 Å². The second-order valence-electron chi connectivity index (χ2n) is 5.82. The summed E-state index contributed by atoms with van der Waals surface area (Å²) in [5, 5.41) is 0. The number of carbonyl (C=O) groups is 2. The van der Waals surface area contributed by atoms with Crippen LogP contribution in [0.2, 0.25) is 0 Å². The van der Waals surface area contributed by atoms with Crippen LogP contribution in [0.25, 0.3) is 0 Å². The molecule has 0 saturated carbocycles. The molecule has 2 aromatic rings. The van der Waals surface area contributed by atoms with Gasteiger partial charge in [-0.2, -0.15) is 0 Å². The molecule has 0 unspecified atom stereocenters. The molecule has 0 aliphatic carbocycles. The Morgan fingerprint density at radius 3 is 2.12 bits per heavy atom. The first kappa shape index (κ1) is 19.5. The number of hydrogen-bond donors (Lipinski definition) is 1. The zero-order valence-electron chi connectivity index (χ0n) is 14.8. The molecule has 6 heteroatoms. The summed E-state index contributed by atoms with van der Waals surface area (Å²) in [7, 11) is 1.31. The molecule has 0 aromatic heterocycles. The number of nitrogens with zero attached hydrogens (tertiary/aromatic N) is 1. The standard InChI is InChI=1S/C20H24N2O4/c1-25-19(23)12-18(13-21)22(14-16-8-4-2-5-9-16)20(24)26-15-17-10-6-3-7-11-17/h2-11,18H,12-15,21H2,1H3/t18-/m1/s1. The number of nitrogens with two attached hydrogens (primary N) is 1. The maximum Gasteiger partial charge on any atom is 0.410 e. The molecule has 138 valence electrons. The van der Waals surface area contributed by atoms with E-state index in [2.05, 4.69) is 0 Å². The number of methoxy groups -OCH3 is 1. The second-order valence-corrected chi connectivity index (χ2v) is 5.82. The van der Waals surface area contributed by atoms with Gasteiger partial charge in [-0.25, -0.2) is 4.79 Å². The van der Waals surface area contributed by atoms with Gasteiger partial charge >= 0.3 is 12.1 Å². The first-order valence-electron chi connectivity index (χ1n) is 8.42. The van der Waals surface area contributed by atoms with Crippen molar-refractivity contribution in [2.24, 2.45) is 5.73 Å². The number of amides is 1. The summed E-state index contributed by atoms with van der Waals surface area (Å²) in [5.41, 5.74) is 7.63. The lowest BCUT2D eigenvalue weighted by Gasteiger charge is -2.29. The number of esters is 1. The maximum atomic E-state index is 12.7. The Balaban J connectivity index is 2.12. The normalized spacial score (nSPS) is 11.5. The van der Waals surface area contributed by atoms with Crippen LogP contribution in [0, 0.1) is 0 Å². The molecule has 0 fully saturated rings. The van der Waals surface area contributed by atoms with Crippen molar-refractivity contribution in [1.82, 2.24) is 4.90 Å². The van der Waals surface area contributed by atoms with E-state index in [1.807, 2.05) is 60.7 Å². The molecule has 1 amide bonds. The molecular weight excluding hydrogens is 332 g/mol. The summed E-state index contributed by atoms with van der Waals surface area (Å²) < 4.78 is 10.2. The fourth-order valence-electron chi connectivity index (χ4n) is 2.52. The first-order chi connectivity index (χ1) is 12.6. The monoisotopic (exact) mass is 356 g/mol. The van der Waals surface area contributed by atoms with Crippen LogP contribution in [0.5, 0.6) is 0 Å². The fourth-order valence-corrected chi connectivity index (χ4v) is 2.52. The minimum absolute atomic E-state index is 0.0142. The van der Waals surface area contributed by atoms with Crippen LogP contribution in [-0.4, -0.2) is 36.7 Å². The first-order valence-corrected chi connectivity index (χ1v) is 8.42. The molecule has 1 atom stereocenters. The van der Waals surface area contributed by atoms with Crippen LogP contribution < -0.4 is 5.73 Å². The van der Waals surface area contributed by atoms with Gasteiger partial charge in [-0.1, -0.05) is 60.7 Å². The molecule has 2 N–H and O–H groups in total. The van der Waals surface area contributed by atoms with Crippen molar-refractivity contribution >= 4 is 12.1 Å². The Morgan fingerprint density at radius 1 is 1.00 bits per heavy atom. The largest absolute Gasteiger partial charge is 0.469 e. The third-order valence-corrected chi connectivity index (χ3v) is 3.98. The second kappa shape index (κ2) is 10.2. The van der Waals surface area contributed by atoms with Crippen molar-refractivity contribution in [2.45, 2.75) is 25.6 Å². The van der Waals surface area contributed by atoms with Gasteiger partial charge in [-0.05, 0) is 11.1 Å². The van der Waals surface area contributed by atoms with Crippen molar-refractivity contribution < 1.29 is 19.1 Å². The highest BCUT2D eigenvalue weighted by molar-refractivity contribution is 5.73. The average molecular weight is 356 g/mol. The number of rotatable bonds is 8. The van der Waals surface area contributed by atoms with E-state index < -0.39 is 18.1 Å². The number of hydrogen-bond acceptors (Lipinski definition) is 5.